The van der Waals surface area contributed by atoms with E-state index in [0.717, 1.165) is 43.4 Å². The quantitative estimate of drug-likeness (QED) is 0.588. The van der Waals surface area contributed by atoms with E-state index in [9.17, 15) is 10.1 Å². The molecule has 0 fully saturated rings. The van der Waals surface area contributed by atoms with Crippen molar-refractivity contribution in [1.82, 2.24) is 0 Å². The monoisotopic (exact) mass is 406 g/mol. The zero-order valence-electron chi connectivity index (χ0n) is 16.3. The first kappa shape index (κ1) is 19.3. The number of benzene rings is 1. The fourth-order valence-corrected chi connectivity index (χ4v) is 4.73. The van der Waals surface area contributed by atoms with Gasteiger partial charge in [-0.3, -0.25) is 4.79 Å². The Bertz CT molecular complexity index is 1060. The van der Waals surface area contributed by atoms with Crippen molar-refractivity contribution in [2.45, 2.75) is 45.6 Å². The summed E-state index contributed by atoms with van der Waals surface area (Å²) >= 11 is 1.51. The Hall–Kier alpha value is -3.04. The Balaban J connectivity index is 1.41. The lowest BCUT2D eigenvalue weighted by Gasteiger charge is -2.09. The molecule has 0 bridgehead atoms. The van der Waals surface area contributed by atoms with Crippen LogP contribution < -0.4 is 10.1 Å². The smallest absolute Gasteiger partial charge is 0.292 e. The lowest BCUT2D eigenvalue weighted by Crippen LogP contribution is -2.11. The second-order valence-corrected chi connectivity index (χ2v) is 8.14. The van der Waals surface area contributed by atoms with Gasteiger partial charge >= 0.3 is 0 Å². The molecule has 2 heterocycles. The van der Waals surface area contributed by atoms with Crippen LogP contribution in [0.1, 0.15) is 57.6 Å². The van der Waals surface area contributed by atoms with E-state index in [-0.39, 0.29) is 18.3 Å². The third-order valence-electron chi connectivity index (χ3n) is 5.11. The second-order valence-electron chi connectivity index (χ2n) is 7.03. The molecule has 0 aliphatic heterocycles. The van der Waals surface area contributed by atoms with E-state index in [0.29, 0.717) is 16.3 Å². The number of hydrogen-bond acceptors (Lipinski definition) is 5. The van der Waals surface area contributed by atoms with E-state index >= 15 is 0 Å². The van der Waals surface area contributed by atoms with Gasteiger partial charge in [0.25, 0.3) is 5.91 Å². The number of nitrogens with zero attached hydrogens (tertiary/aromatic N) is 1. The fraction of sp³-hybridized carbons (Fsp3) is 0.304. The highest BCUT2D eigenvalue weighted by molar-refractivity contribution is 7.16. The maximum Gasteiger partial charge on any atom is 0.292 e. The first-order valence-corrected chi connectivity index (χ1v) is 10.7. The summed E-state index contributed by atoms with van der Waals surface area (Å²) in [4.78, 5) is 13.8. The van der Waals surface area contributed by atoms with E-state index in [1.807, 2.05) is 24.3 Å². The summed E-state index contributed by atoms with van der Waals surface area (Å²) in [6.45, 7) is 2.35. The van der Waals surface area contributed by atoms with Gasteiger partial charge in [-0.25, -0.2) is 0 Å². The molecule has 3 aromatic rings. The van der Waals surface area contributed by atoms with E-state index < -0.39 is 0 Å². The summed E-state index contributed by atoms with van der Waals surface area (Å²) in [5.74, 6) is 1.19. The third kappa shape index (κ3) is 4.20. The standard InChI is InChI=1S/C23H22N2O3S/c1-2-15-7-9-16(10-8-15)27-14-17-11-12-20(28-17)22(26)25-23-19(13-24)18-5-3-4-6-21(18)29-23/h7-12H,2-6,14H2,1H3,(H,25,26). The molecule has 0 radical (unpaired) electrons. The first-order chi connectivity index (χ1) is 14.2. The average Bonchev–Trinajstić information content (AvgIpc) is 3.36. The highest BCUT2D eigenvalue weighted by atomic mass is 32.1. The number of carbonyl (C=O) groups is 1. The van der Waals surface area contributed by atoms with Crippen LogP contribution in [0, 0.1) is 11.3 Å². The Morgan fingerprint density at radius 2 is 2.00 bits per heavy atom. The van der Waals surface area contributed by atoms with Gasteiger partial charge in [0.2, 0.25) is 0 Å². The van der Waals surface area contributed by atoms with E-state index in [2.05, 4.69) is 18.3 Å². The molecule has 0 spiro atoms. The predicted molar refractivity (Wildman–Crippen MR) is 112 cm³/mol. The van der Waals surface area contributed by atoms with Crippen molar-refractivity contribution < 1.29 is 13.9 Å². The van der Waals surface area contributed by atoms with Gasteiger partial charge in [0.15, 0.2) is 5.76 Å². The number of ether oxygens (including phenoxy) is 1. The van der Waals surface area contributed by atoms with Gasteiger partial charge < -0.3 is 14.5 Å². The maximum atomic E-state index is 12.6. The minimum Gasteiger partial charge on any atom is -0.486 e. The van der Waals surface area contributed by atoms with Crippen molar-refractivity contribution in [2.75, 3.05) is 5.32 Å². The molecule has 148 valence electrons. The van der Waals surface area contributed by atoms with E-state index in [4.69, 9.17) is 9.15 Å². The number of amides is 1. The van der Waals surface area contributed by atoms with Crippen molar-refractivity contribution in [3.8, 4) is 11.8 Å². The van der Waals surface area contributed by atoms with Gasteiger partial charge in [0, 0.05) is 4.88 Å². The van der Waals surface area contributed by atoms with E-state index in [1.165, 1.54) is 21.8 Å². The molecule has 1 aliphatic carbocycles. The largest absolute Gasteiger partial charge is 0.486 e. The number of anilines is 1. The van der Waals surface area contributed by atoms with Gasteiger partial charge in [-0.05, 0) is 67.5 Å². The molecule has 29 heavy (non-hydrogen) atoms. The van der Waals surface area contributed by atoms with Crippen LogP contribution in [-0.2, 0) is 25.9 Å². The van der Waals surface area contributed by atoms with Gasteiger partial charge in [-0.15, -0.1) is 11.3 Å². The Morgan fingerprint density at radius 3 is 2.76 bits per heavy atom. The molecule has 1 aliphatic rings. The lowest BCUT2D eigenvalue weighted by atomic mass is 9.96. The SMILES string of the molecule is CCc1ccc(OCc2ccc(C(=O)Nc3sc4c(c3C#N)CCCC4)o2)cc1. The summed E-state index contributed by atoms with van der Waals surface area (Å²) in [6, 6.07) is 13.5. The molecular weight excluding hydrogens is 384 g/mol. The fourth-order valence-electron chi connectivity index (χ4n) is 3.49. The Kier molecular flexibility index (Phi) is 5.68. The van der Waals surface area contributed by atoms with E-state index in [1.54, 1.807) is 12.1 Å². The average molecular weight is 407 g/mol. The van der Waals surface area contributed by atoms with Gasteiger partial charge in [0.1, 0.15) is 29.2 Å². The molecule has 1 aromatic carbocycles. The highest BCUT2D eigenvalue weighted by Crippen LogP contribution is 2.37. The summed E-state index contributed by atoms with van der Waals surface area (Å²) < 4.78 is 11.4. The van der Waals surface area contributed by atoms with Crippen LogP contribution in [-0.4, -0.2) is 5.91 Å². The number of carbonyl (C=O) groups excluding carboxylic acids is 1. The Labute approximate surface area is 173 Å². The number of furan rings is 1. The minimum absolute atomic E-state index is 0.209. The summed E-state index contributed by atoms with van der Waals surface area (Å²) in [5.41, 5.74) is 2.95. The molecule has 0 saturated heterocycles. The van der Waals surface area contributed by atoms with Crippen LogP contribution in [0.25, 0.3) is 0 Å². The van der Waals surface area contributed by atoms with Gasteiger partial charge in [0.05, 0.1) is 5.56 Å². The highest BCUT2D eigenvalue weighted by Gasteiger charge is 2.23. The van der Waals surface area contributed by atoms with Crippen molar-refractivity contribution in [1.29, 1.82) is 5.26 Å². The molecule has 2 aromatic heterocycles. The molecule has 1 N–H and O–H groups in total. The second kappa shape index (κ2) is 8.54. The molecule has 6 heteroatoms. The molecule has 0 saturated carbocycles. The van der Waals surface area contributed by atoms with Crippen LogP contribution in [0.4, 0.5) is 5.00 Å². The number of aryl methyl sites for hydroxylation is 2. The molecule has 5 nitrogen and oxygen atoms in total. The van der Waals surface area contributed by atoms with Crippen LogP contribution in [0.15, 0.2) is 40.8 Å². The van der Waals surface area contributed by atoms with Crippen LogP contribution in [0.3, 0.4) is 0 Å². The summed E-state index contributed by atoms with van der Waals surface area (Å²) in [6.07, 6.45) is 5.10. The Morgan fingerprint density at radius 1 is 1.21 bits per heavy atom. The van der Waals surface area contributed by atoms with Crippen molar-refractivity contribution in [3.63, 3.8) is 0 Å². The number of nitriles is 1. The van der Waals surface area contributed by atoms with Gasteiger partial charge in [-0.2, -0.15) is 5.26 Å². The van der Waals surface area contributed by atoms with Crippen molar-refractivity contribution in [3.05, 3.63) is 69.5 Å². The molecule has 1 amide bonds. The zero-order valence-corrected chi connectivity index (χ0v) is 17.1. The van der Waals surface area contributed by atoms with Crippen molar-refractivity contribution in [2.24, 2.45) is 0 Å². The van der Waals surface area contributed by atoms with Crippen LogP contribution in [0.5, 0.6) is 5.75 Å². The number of rotatable bonds is 6. The number of fused-ring (bicyclic) bond motifs is 1. The number of thiophene rings is 1. The molecular formula is C23H22N2O3S. The number of nitrogens with one attached hydrogen (secondary N) is 1. The summed E-state index contributed by atoms with van der Waals surface area (Å²) in [7, 11) is 0. The predicted octanol–water partition coefficient (Wildman–Crippen LogP) is 5.49. The van der Waals surface area contributed by atoms with Gasteiger partial charge in [-0.1, -0.05) is 19.1 Å². The van der Waals surface area contributed by atoms with Crippen LogP contribution in [0.2, 0.25) is 0 Å². The first-order valence-electron chi connectivity index (χ1n) is 9.84. The number of hydrogen-bond donors (Lipinski definition) is 1. The topological polar surface area (TPSA) is 75.3 Å². The van der Waals surface area contributed by atoms with Crippen LogP contribution >= 0.6 is 11.3 Å². The minimum atomic E-state index is -0.348. The lowest BCUT2D eigenvalue weighted by molar-refractivity contribution is 0.0993. The molecule has 0 atom stereocenters. The third-order valence-corrected chi connectivity index (χ3v) is 6.32. The maximum absolute atomic E-state index is 12.6. The van der Waals surface area contributed by atoms with Crippen molar-refractivity contribution >= 4 is 22.2 Å². The zero-order chi connectivity index (χ0) is 20.2. The summed E-state index contributed by atoms with van der Waals surface area (Å²) in [5, 5.41) is 13.0. The molecule has 4 rings (SSSR count). The normalized spacial score (nSPS) is 12.8. The molecule has 0 unspecified atom stereocenters.